The number of aryl methyl sites for hydroxylation is 1. The number of carbonyl (C=O) groups excluding carboxylic acids is 2. The van der Waals surface area contributed by atoms with Crippen molar-refractivity contribution in [2.45, 2.75) is 13.8 Å². The maximum Gasteiger partial charge on any atom is 0.339 e. The number of nitrogens with one attached hydrogen (secondary N) is 1. The molecule has 2 heterocycles. The Bertz CT molecular complexity index is 510. The van der Waals surface area contributed by atoms with Gasteiger partial charge in [0.25, 0.3) is 5.91 Å². The maximum absolute atomic E-state index is 12.5. The van der Waals surface area contributed by atoms with Gasteiger partial charge in [0.15, 0.2) is 0 Å². The van der Waals surface area contributed by atoms with Crippen LogP contribution in [0, 0.1) is 6.92 Å². The van der Waals surface area contributed by atoms with Crippen LogP contribution >= 0.6 is 0 Å². The Morgan fingerprint density at radius 3 is 2.75 bits per heavy atom. The lowest BCUT2D eigenvalue weighted by Gasteiger charge is -2.27. The molecule has 1 N–H and O–H groups in total. The third kappa shape index (κ3) is 3.14. The third-order valence-corrected chi connectivity index (χ3v) is 3.23. The van der Waals surface area contributed by atoms with Gasteiger partial charge in [0.05, 0.1) is 23.4 Å². The Kier molecular flexibility index (Phi) is 4.68. The van der Waals surface area contributed by atoms with E-state index in [1.54, 1.807) is 24.8 Å². The highest BCUT2D eigenvalue weighted by Gasteiger charge is 2.21. The van der Waals surface area contributed by atoms with Crippen molar-refractivity contribution >= 4 is 11.9 Å². The lowest BCUT2D eigenvalue weighted by molar-refractivity contribution is 0.0526. The Labute approximate surface area is 118 Å². The van der Waals surface area contributed by atoms with Crippen LogP contribution in [0.5, 0.6) is 0 Å². The van der Waals surface area contributed by atoms with Crippen LogP contribution in [0.4, 0.5) is 0 Å². The lowest BCUT2D eigenvalue weighted by atomic mass is 10.1. The van der Waals surface area contributed by atoms with Crippen LogP contribution in [0.25, 0.3) is 0 Å². The highest BCUT2D eigenvalue weighted by molar-refractivity contribution is 5.98. The number of aromatic nitrogens is 1. The van der Waals surface area contributed by atoms with Gasteiger partial charge in [-0.05, 0) is 19.9 Å². The molecule has 1 aromatic heterocycles. The zero-order valence-electron chi connectivity index (χ0n) is 11.8. The Balaban J connectivity index is 2.23. The minimum absolute atomic E-state index is 0.0809. The van der Waals surface area contributed by atoms with Crippen molar-refractivity contribution in [2.75, 3.05) is 32.8 Å². The first-order valence-corrected chi connectivity index (χ1v) is 6.77. The molecule has 20 heavy (non-hydrogen) atoms. The second kappa shape index (κ2) is 6.47. The summed E-state index contributed by atoms with van der Waals surface area (Å²) >= 11 is 0. The predicted octanol–water partition coefficient (Wildman–Crippen LogP) is 0.612. The second-order valence-corrected chi connectivity index (χ2v) is 4.62. The summed E-state index contributed by atoms with van der Waals surface area (Å²) in [6.07, 6.45) is 1.45. The van der Waals surface area contributed by atoms with Gasteiger partial charge in [0.1, 0.15) is 0 Å². The molecule has 1 aromatic rings. The average molecular weight is 277 g/mol. The normalized spacial score (nSPS) is 15.0. The molecular formula is C14H19N3O3. The van der Waals surface area contributed by atoms with Crippen molar-refractivity contribution in [1.29, 1.82) is 0 Å². The van der Waals surface area contributed by atoms with Crippen LogP contribution in [0.2, 0.25) is 0 Å². The summed E-state index contributed by atoms with van der Waals surface area (Å²) in [5, 5.41) is 3.20. The van der Waals surface area contributed by atoms with Crippen LogP contribution in [-0.4, -0.2) is 54.5 Å². The SMILES string of the molecule is CCOC(=O)c1cnc(C)c(C(=O)N2CCNCC2)c1. The molecule has 0 unspecified atom stereocenters. The Hall–Kier alpha value is -1.95. The van der Waals surface area contributed by atoms with Gasteiger partial charge < -0.3 is 15.0 Å². The number of rotatable bonds is 3. The summed E-state index contributed by atoms with van der Waals surface area (Å²) < 4.78 is 4.93. The summed E-state index contributed by atoms with van der Waals surface area (Å²) in [5.41, 5.74) is 1.41. The van der Waals surface area contributed by atoms with Gasteiger partial charge in [0, 0.05) is 32.4 Å². The number of nitrogens with zero attached hydrogens (tertiary/aromatic N) is 2. The summed E-state index contributed by atoms with van der Waals surface area (Å²) in [6, 6.07) is 1.57. The smallest absolute Gasteiger partial charge is 0.339 e. The Morgan fingerprint density at radius 1 is 1.40 bits per heavy atom. The zero-order valence-corrected chi connectivity index (χ0v) is 11.8. The van der Waals surface area contributed by atoms with Crippen molar-refractivity contribution in [2.24, 2.45) is 0 Å². The van der Waals surface area contributed by atoms with Crippen molar-refractivity contribution < 1.29 is 14.3 Å². The van der Waals surface area contributed by atoms with Gasteiger partial charge in [-0.3, -0.25) is 9.78 Å². The molecule has 6 heteroatoms. The standard InChI is InChI=1S/C14H19N3O3/c1-3-20-14(19)11-8-12(10(2)16-9-11)13(18)17-6-4-15-5-7-17/h8-9,15H,3-7H2,1-2H3. The van der Waals surface area contributed by atoms with Gasteiger partial charge in [-0.25, -0.2) is 4.79 Å². The summed E-state index contributed by atoms with van der Waals surface area (Å²) in [6.45, 7) is 6.72. The van der Waals surface area contributed by atoms with Gasteiger partial charge in [-0.1, -0.05) is 0 Å². The molecule has 1 fully saturated rings. The molecule has 2 rings (SSSR count). The molecule has 1 aliphatic rings. The Morgan fingerprint density at radius 2 is 2.10 bits per heavy atom. The minimum Gasteiger partial charge on any atom is -0.462 e. The van der Waals surface area contributed by atoms with E-state index in [0.29, 0.717) is 36.5 Å². The topological polar surface area (TPSA) is 71.5 Å². The van der Waals surface area contributed by atoms with Gasteiger partial charge in [-0.15, -0.1) is 0 Å². The van der Waals surface area contributed by atoms with Gasteiger partial charge in [0.2, 0.25) is 0 Å². The van der Waals surface area contributed by atoms with Crippen LogP contribution < -0.4 is 5.32 Å². The number of pyridine rings is 1. The van der Waals surface area contributed by atoms with Crippen LogP contribution in [-0.2, 0) is 4.74 Å². The largest absolute Gasteiger partial charge is 0.462 e. The molecule has 0 aromatic carbocycles. The molecule has 108 valence electrons. The fourth-order valence-corrected chi connectivity index (χ4v) is 2.11. The van der Waals surface area contributed by atoms with E-state index in [0.717, 1.165) is 13.1 Å². The van der Waals surface area contributed by atoms with E-state index >= 15 is 0 Å². The number of hydrogen-bond acceptors (Lipinski definition) is 5. The molecule has 0 aliphatic carbocycles. The number of carbonyl (C=O) groups is 2. The number of esters is 1. The van der Waals surface area contributed by atoms with E-state index in [-0.39, 0.29) is 5.91 Å². The maximum atomic E-state index is 12.5. The van der Waals surface area contributed by atoms with Crippen molar-refractivity contribution in [3.8, 4) is 0 Å². The molecule has 0 saturated carbocycles. The summed E-state index contributed by atoms with van der Waals surface area (Å²) in [5.74, 6) is -0.531. The predicted molar refractivity (Wildman–Crippen MR) is 73.7 cm³/mol. The number of ether oxygens (including phenoxy) is 1. The molecule has 1 aliphatic heterocycles. The molecule has 1 saturated heterocycles. The first kappa shape index (κ1) is 14.5. The fourth-order valence-electron chi connectivity index (χ4n) is 2.11. The third-order valence-electron chi connectivity index (χ3n) is 3.23. The van der Waals surface area contributed by atoms with E-state index in [9.17, 15) is 9.59 Å². The molecule has 0 bridgehead atoms. The first-order valence-electron chi connectivity index (χ1n) is 6.77. The second-order valence-electron chi connectivity index (χ2n) is 4.62. The minimum atomic E-state index is -0.450. The van der Waals surface area contributed by atoms with Crippen LogP contribution in [0.1, 0.15) is 33.3 Å². The fraction of sp³-hybridized carbons (Fsp3) is 0.500. The highest BCUT2D eigenvalue weighted by Crippen LogP contribution is 2.13. The van der Waals surface area contributed by atoms with Gasteiger partial charge in [-0.2, -0.15) is 0 Å². The number of hydrogen-bond donors (Lipinski definition) is 1. The molecular weight excluding hydrogens is 258 g/mol. The summed E-state index contributed by atoms with van der Waals surface area (Å²) in [4.78, 5) is 30.1. The van der Waals surface area contributed by atoms with Crippen LogP contribution in [0.15, 0.2) is 12.3 Å². The van der Waals surface area contributed by atoms with E-state index in [4.69, 9.17) is 4.74 Å². The van der Waals surface area contributed by atoms with E-state index in [1.807, 2.05) is 0 Å². The highest BCUT2D eigenvalue weighted by atomic mass is 16.5. The molecule has 0 radical (unpaired) electrons. The molecule has 0 atom stereocenters. The lowest BCUT2D eigenvalue weighted by Crippen LogP contribution is -2.46. The molecule has 1 amide bonds. The van der Waals surface area contributed by atoms with E-state index < -0.39 is 5.97 Å². The van der Waals surface area contributed by atoms with E-state index in [1.165, 1.54) is 6.20 Å². The van der Waals surface area contributed by atoms with Crippen molar-refractivity contribution in [3.63, 3.8) is 0 Å². The molecule has 6 nitrogen and oxygen atoms in total. The number of piperazine rings is 1. The van der Waals surface area contributed by atoms with Crippen LogP contribution in [0.3, 0.4) is 0 Å². The molecule has 0 spiro atoms. The quantitative estimate of drug-likeness (QED) is 0.820. The zero-order chi connectivity index (χ0) is 14.5. The van der Waals surface area contributed by atoms with Crippen molar-refractivity contribution in [1.82, 2.24) is 15.2 Å². The monoisotopic (exact) mass is 277 g/mol. The van der Waals surface area contributed by atoms with Gasteiger partial charge >= 0.3 is 5.97 Å². The first-order chi connectivity index (χ1) is 9.63. The number of amides is 1. The van der Waals surface area contributed by atoms with Crippen molar-refractivity contribution in [3.05, 3.63) is 29.1 Å². The summed E-state index contributed by atoms with van der Waals surface area (Å²) in [7, 11) is 0. The van der Waals surface area contributed by atoms with E-state index in [2.05, 4.69) is 10.3 Å². The average Bonchev–Trinajstić information content (AvgIpc) is 2.48.